The van der Waals surface area contributed by atoms with Crippen LogP contribution in [0.3, 0.4) is 0 Å². The number of hydrogen-bond donors (Lipinski definition) is 1. The molecule has 27 heavy (non-hydrogen) atoms. The normalized spacial score (nSPS) is 11.2. The molecule has 0 fully saturated rings. The van der Waals surface area contributed by atoms with Gasteiger partial charge < -0.3 is 0 Å². The quantitative estimate of drug-likeness (QED) is 0.417. The van der Waals surface area contributed by atoms with E-state index in [0.717, 1.165) is 23.4 Å². The largest absolute Gasteiger partial charge is 0.269 e. The number of fused-ring (bicyclic) bond motifs is 1. The standard InChI is InChI=1S/C21H20N4OS/c1-3-15-9-6-7-11-18(15)25-20(26)17-12-22-24-19(17)23-21(25)27-13-16-10-5-4-8-14(16)2/h4-12H,3,13H2,1-2H3,(H,22,24). The van der Waals surface area contributed by atoms with Crippen molar-refractivity contribution in [2.75, 3.05) is 0 Å². The molecule has 0 saturated heterocycles. The van der Waals surface area contributed by atoms with E-state index in [1.54, 1.807) is 22.5 Å². The number of nitrogens with zero attached hydrogens (tertiary/aromatic N) is 3. The fourth-order valence-corrected chi connectivity index (χ4v) is 4.20. The third kappa shape index (κ3) is 3.28. The number of nitrogens with one attached hydrogen (secondary N) is 1. The van der Waals surface area contributed by atoms with Gasteiger partial charge in [-0.25, -0.2) is 4.98 Å². The van der Waals surface area contributed by atoms with Gasteiger partial charge in [0.05, 0.1) is 11.9 Å². The number of aromatic amines is 1. The number of para-hydroxylation sites is 1. The second kappa shape index (κ2) is 7.40. The zero-order valence-electron chi connectivity index (χ0n) is 15.3. The Morgan fingerprint density at radius 3 is 2.59 bits per heavy atom. The van der Waals surface area contributed by atoms with Gasteiger partial charge in [-0.3, -0.25) is 14.5 Å². The first-order chi connectivity index (χ1) is 13.2. The molecular weight excluding hydrogens is 356 g/mol. The summed E-state index contributed by atoms with van der Waals surface area (Å²) in [6, 6.07) is 16.3. The van der Waals surface area contributed by atoms with Crippen molar-refractivity contribution in [1.29, 1.82) is 0 Å². The smallest absolute Gasteiger partial charge is 0.268 e. The number of hydrogen-bond acceptors (Lipinski definition) is 4. The molecule has 2 heterocycles. The van der Waals surface area contributed by atoms with Crippen LogP contribution in [0.25, 0.3) is 16.7 Å². The van der Waals surface area contributed by atoms with E-state index in [2.05, 4.69) is 42.2 Å². The lowest BCUT2D eigenvalue weighted by atomic mass is 10.1. The number of H-pyrrole nitrogens is 1. The van der Waals surface area contributed by atoms with Crippen LogP contribution in [-0.2, 0) is 12.2 Å². The van der Waals surface area contributed by atoms with E-state index in [0.29, 0.717) is 16.2 Å². The summed E-state index contributed by atoms with van der Waals surface area (Å²) in [6.45, 7) is 4.19. The Hall–Kier alpha value is -2.86. The maximum atomic E-state index is 13.2. The van der Waals surface area contributed by atoms with E-state index in [1.165, 1.54) is 11.1 Å². The molecule has 0 amide bonds. The third-order valence-electron chi connectivity index (χ3n) is 4.68. The van der Waals surface area contributed by atoms with Crippen molar-refractivity contribution in [3.63, 3.8) is 0 Å². The molecule has 4 rings (SSSR count). The van der Waals surface area contributed by atoms with Gasteiger partial charge in [-0.15, -0.1) is 0 Å². The van der Waals surface area contributed by atoms with Crippen molar-refractivity contribution >= 4 is 22.8 Å². The first kappa shape index (κ1) is 17.5. The van der Waals surface area contributed by atoms with E-state index in [9.17, 15) is 4.79 Å². The second-order valence-electron chi connectivity index (χ2n) is 6.36. The van der Waals surface area contributed by atoms with E-state index < -0.39 is 0 Å². The van der Waals surface area contributed by atoms with Crippen LogP contribution in [0.15, 0.2) is 64.7 Å². The van der Waals surface area contributed by atoms with Crippen LogP contribution in [0, 0.1) is 6.92 Å². The van der Waals surface area contributed by atoms with Gasteiger partial charge in [0.2, 0.25) is 0 Å². The van der Waals surface area contributed by atoms with Crippen LogP contribution in [0.2, 0.25) is 0 Å². The number of benzene rings is 2. The number of aryl methyl sites for hydroxylation is 2. The van der Waals surface area contributed by atoms with E-state index >= 15 is 0 Å². The van der Waals surface area contributed by atoms with Crippen LogP contribution in [0.1, 0.15) is 23.6 Å². The topological polar surface area (TPSA) is 63.6 Å². The molecule has 0 aliphatic carbocycles. The molecule has 136 valence electrons. The van der Waals surface area contributed by atoms with Crippen molar-refractivity contribution in [3.8, 4) is 5.69 Å². The summed E-state index contributed by atoms with van der Waals surface area (Å²) in [6.07, 6.45) is 2.39. The molecule has 1 N–H and O–H groups in total. The third-order valence-corrected chi connectivity index (χ3v) is 5.67. The number of thioether (sulfide) groups is 1. The van der Waals surface area contributed by atoms with Gasteiger partial charge in [0.15, 0.2) is 10.8 Å². The zero-order chi connectivity index (χ0) is 18.8. The van der Waals surface area contributed by atoms with Crippen molar-refractivity contribution in [2.45, 2.75) is 31.2 Å². The highest BCUT2D eigenvalue weighted by molar-refractivity contribution is 7.98. The molecule has 0 atom stereocenters. The van der Waals surface area contributed by atoms with Crippen molar-refractivity contribution < 1.29 is 0 Å². The Kier molecular flexibility index (Phi) is 4.81. The summed E-state index contributed by atoms with van der Waals surface area (Å²) in [4.78, 5) is 17.9. The van der Waals surface area contributed by atoms with E-state index in [4.69, 9.17) is 4.98 Å². The number of aromatic nitrogens is 4. The minimum absolute atomic E-state index is 0.0954. The molecule has 0 bridgehead atoms. The van der Waals surface area contributed by atoms with Crippen LogP contribution >= 0.6 is 11.8 Å². The molecule has 5 nitrogen and oxygen atoms in total. The Morgan fingerprint density at radius 1 is 1.07 bits per heavy atom. The summed E-state index contributed by atoms with van der Waals surface area (Å²) < 4.78 is 1.72. The molecule has 0 aliphatic heterocycles. The van der Waals surface area contributed by atoms with Crippen molar-refractivity contribution in [3.05, 3.63) is 81.8 Å². The molecule has 0 spiro atoms. The summed E-state index contributed by atoms with van der Waals surface area (Å²) in [5.41, 5.74) is 4.89. The molecular formula is C21H20N4OS. The summed E-state index contributed by atoms with van der Waals surface area (Å²) in [5, 5.41) is 8.00. The molecule has 0 radical (unpaired) electrons. The van der Waals surface area contributed by atoms with E-state index in [-0.39, 0.29) is 5.56 Å². The maximum absolute atomic E-state index is 13.2. The van der Waals surface area contributed by atoms with Gasteiger partial charge in [0.1, 0.15) is 5.39 Å². The van der Waals surface area contributed by atoms with Gasteiger partial charge in [-0.2, -0.15) is 5.10 Å². The van der Waals surface area contributed by atoms with Crippen LogP contribution in [0.5, 0.6) is 0 Å². The van der Waals surface area contributed by atoms with Gasteiger partial charge in [0, 0.05) is 5.75 Å². The monoisotopic (exact) mass is 376 g/mol. The molecule has 4 aromatic rings. The van der Waals surface area contributed by atoms with Crippen LogP contribution in [-0.4, -0.2) is 19.7 Å². The van der Waals surface area contributed by atoms with Crippen molar-refractivity contribution in [1.82, 2.24) is 19.7 Å². The highest BCUT2D eigenvalue weighted by Crippen LogP contribution is 2.26. The lowest BCUT2D eigenvalue weighted by molar-refractivity contribution is 0.805. The molecule has 0 unspecified atom stereocenters. The fraction of sp³-hybridized carbons (Fsp3) is 0.190. The van der Waals surface area contributed by atoms with Crippen molar-refractivity contribution in [2.24, 2.45) is 0 Å². The van der Waals surface area contributed by atoms with Gasteiger partial charge in [-0.05, 0) is 36.1 Å². The molecule has 2 aromatic carbocycles. The highest BCUT2D eigenvalue weighted by atomic mass is 32.2. The predicted molar refractivity (Wildman–Crippen MR) is 110 cm³/mol. The van der Waals surface area contributed by atoms with Crippen LogP contribution in [0.4, 0.5) is 0 Å². The maximum Gasteiger partial charge on any atom is 0.269 e. The van der Waals surface area contributed by atoms with Gasteiger partial charge >= 0.3 is 0 Å². The molecule has 2 aromatic heterocycles. The highest BCUT2D eigenvalue weighted by Gasteiger charge is 2.16. The molecule has 6 heteroatoms. The SMILES string of the molecule is CCc1ccccc1-n1c(SCc2ccccc2C)nc2[nH]ncc2c1=O. The first-order valence-electron chi connectivity index (χ1n) is 8.90. The lowest BCUT2D eigenvalue weighted by Crippen LogP contribution is -2.22. The van der Waals surface area contributed by atoms with E-state index in [1.807, 2.05) is 30.3 Å². The first-order valence-corrected chi connectivity index (χ1v) is 9.89. The Bertz CT molecular complexity index is 1160. The van der Waals surface area contributed by atoms with Crippen LogP contribution < -0.4 is 5.56 Å². The predicted octanol–water partition coefficient (Wildman–Crippen LogP) is 4.27. The number of rotatable bonds is 5. The van der Waals surface area contributed by atoms with Gasteiger partial charge in [-0.1, -0.05) is 61.2 Å². The zero-order valence-corrected chi connectivity index (χ0v) is 16.1. The minimum atomic E-state index is -0.0954. The average molecular weight is 376 g/mol. The molecule has 0 aliphatic rings. The summed E-state index contributed by atoms with van der Waals surface area (Å²) in [5.74, 6) is 0.743. The summed E-state index contributed by atoms with van der Waals surface area (Å²) in [7, 11) is 0. The molecule has 0 saturated carbocycles. The van der Waals surface area contributed by atoms with Gasteiger partial charge in [0.25, 0.3) is 5.56 Å². The second-order valence-corrected chi connectivity index (χ2v) is 7.31. The minimum Gasteiger partial charge on any atom is -0.268 e. The Balaban J connectivity index is 1.86. The Labute approximate surface area is 161 Å². The average Bonchev–Trinajstić information content (AvgIpc) is 3.16. The fourth-order valence-electron chi connectivity index (χ4n) is 3.13. The lowest BCUT2D eigenvalue weighted by Gasteiger charge is -2.15. The summed E-state index contributed by atoms with van der Waals surface area (Å²) >= 11 is 1.56. The Morgan fingerprint density at radius 2 is 1.81 bits per heavy atom.